The van der Waals surface area contributed by atoms with Crippen LogP contribution in [0.5, 0.6) is 0 Å². The summed E-state index contributed by atoms with van der Waals surface area (Å²) in [4.78, 5) is 27.7. The van der Waals surface area contributed by atoms with Crippen LogP contribution in [-0.4, -0.2) is 91.3 Å². The normalized spacial score (nSPS) is 25.8. The summed E-state index contributed by atoms with van der Waals surface area (Å²) in [6, 6.07) is 1.31. The number of likely N-dealkylation sites (tertiary alicyclic amines) is 1. The predicted octanol–water partition coefficient (Wildman–Crippen LogP) is 3.20. The smallest absolute Gasteiger partial charge is 0.219 e. The largest absolute Gasteiger partial charge is 0.359 e. The molecule has 8 heteroatoms. The topological polar surface area (TPSA) is 55.9 Å². The fourth-order valence-corrected chi connectivity index (χ4v) is 5.31. The summed E-state index contributed by atoms with van der Waals surface area (Å²) >= 11 is 0. The SMILES string of the molecule is CNC(=O)CCCC=O.FC1=CC(N2CC(N3CCN(C4CCCCC4)CC3)C2)CC(F)=C1. The number of carbonyl (C=O) groups is 2. The summed E-state index contributed by atoms with van der Waals surface area (Å²) in [6.07, 6.45) is 12.3. The molecule has 186 valence electrons. The van der Waals surface area contributed by atoms with Crippen molar-refractivity contribution in [2.45, 2.75) is 75.9 Å². The van der Waals surface area contributed by atoms with Gasteiger partial charge in [0.05, 0.1) is 0 Å². The fourth-order valence-electron chi connectivity index (χ4n) is 5.31. The van der Waals surface area contributed by atoms with E-state index in [1.54, 1.807) is 13.1 Å². The first kappa shape index (κ1) is 26.0. The van der Waals surface area contributed by atoms with Crippen LogP contribution in [0, 0.1) is 0 Å². The monoisotopic (exact) mass is 466 g/mol. The Morgan fingerprint density at radius 3 is 2.24 bits per heavy atom. The molecule has 3 fully saturated rings. The van der Waals surface area contributed by atoms with E-state index in [4.69, 9.17) is 0 Å². The van der Waals surface area contributed by atoms with Crippen LogP contribution in [0.1, 0.15) is 57.8 Å². The molecule has 0 aromatic carbocycles. The highest BCUT2D eigenvalue weighted by molar-refractivity contribution is 5.75. The predicted molar refractivity (Wildman–Crippen MR) is 126 cm³/mol. The van der Waals surface area contributed by atoms with Gasteiger partial charge in [-0.2, -0.15) is 0 Å². The molecule has 2 aliphatic heterocycles. The van der Waals surface area contributed by atoms with E-state index in [1.165, 1.54) is 45.2 Å². The van der Waals surface area contributed by atoms with E-state index < -0.39 is 5.83 Å². The Bertz CT molecular complexity index is 695. The molecule has 2 saturated heterocycles. The van der Waals surface area contributed by atoms with Crippen molar-refractivity contribution in [3.63, 3.8) is 0 Å². The highest BCUT2D eigenvalue weighted by Crippen LogP contribution is 2.29. The molecule has 1 saturated carbocycles. The second kappa shape index (κ2) is 13.3. The number of rotatable bonds is 7. The number of amides is 1. The molecular formula is C25H40F2N4O2. The van der Waals surface area contributed by atoms with E-state index in [0.29, 0.717) is 31.7 Å². The Kier molecular flexibility index (Phi) is 10.5. The van der Waals surface area contributed by atoms with Crippen molar-refractivity contribution in [2.24, 2.45) is 0 Å². The summed E-state index contributed by atoms with van der Waals surface area (Å²) in [5.41, 5.74) is 0. The van der Waals surface area contributed by atoms with E-state index in [1.807, 2.05) is 0 Å². The van der Waals surface area contributed by atoms with Crippen LogP contribution in [0.2, 0.25) is 0 Å². The van der Waals surface area contributed by atoms with Crippen molar-refractivity contribution in [2.75, 3.05) is 46.3 Å². The molecule has 0 bridgehead atoms. The second-order valence-corrected chi connectivity index (χ2v) is 9.62. The molecule has 0 radical (unpaired) electrons. The van der Waals surface area contributed by atoms with Crippen molar-refractivity contribution >= 4 is 12.2 Å². The van der Waals surface area contributed by atoms with Gasteiger partial charge in [0.25, 0.3) is 0 Å². The van der Waals surface area contributed by atoms with Crippen molar-refractivity contribution in [3.05, 3.63) is 23.8 Å². The van der Waals surface area contributed by atoms with Gasteiger partial charge in [0.2, 0.25) is 5.91 Å². The van der Waals surface area contributed by atoms with Crippen LogP contribution in [0.25, 0.3) is 0 Å². The summed E-state index contributed by atoms with van der Waals surface area (Å²) in [5, 5.41) is 2.47. The van der Waals surface area contributed by atoms with Gasteiger partial charge >= 0.3 is 0 Å². The van der Waals surface area contributed by atoms with E-state index in [2.05, 4.69) is 20.0 Å². The zero-order valence-corrected chi connectivity index (χ0v) is 20.0. The maximum atomic E-state index is 13.4. The molecule has 2 heterocycles. The third-order valence-electron chi connectivity index (χ3n) is 7.37. The number of nitrogens with zero attached hydrogens (tertiary/aromatic N) is 3. The van der Waals surface area contributed by atoms with Gasteiger partial charge in [-0.3, -0.25) is 19.5 Å². The van der Waals surface area contributed by atoms with Crippen LogP contribution in [0.4, 0.5) is 8.78 Å². The van der Waals surface area contributed by atoms with Crippen LogP contribution in [0.3, 0.4) is 0 Å². The maximum absolute atomic E-state index is 13.4. The lowest BCUT2D eigenvalue weighted by atomic mass is 9.93. The van der Waals surface area contributed by atoms with E-state index in [0.717, 1.165) is 44.6 Å². The average Bonchev–Trinajstić information content (AvgIpc) is 2.79. The zero-order chi connectivity index (χ0) is 23.6. The summed E-state index contributed by atoms with van der Waals surface area (Å²) in [5.74, 6) is -0.755. The molecule has 1 atom stereocenters. The van der Waals surface area contributed by atoms with Crippen molar-refractivity contribution in [3.8, 4) is 0 Å². The number of nitrogens with one attached hydrogen (secondary N) is 1. The minimum absolute atomic E-state index is 0.00292. The average molecular weight is 467 g/mol. The van der Waals surface area contributed by atoms with E-state index in [-0.39, 0.29) is 17.8 Å². The number of hydrogen-bond donors (Lipinski definition) is 1. The minimum Gasteiger partial charge on any atom is -0.359 e. The van der Waals surface area contributed by atoms with Gasteiger partial charge in [0.15, 0.2) is 0 Å². The number of halogens is 2. The lowest BCUT2D eigenvalue weighted by Gasteiger charge is -2.51. The lowest BCUT2D eigenvalue weighted by molar-refractivity contribution is -0.120. The Labute approximate surface area is 197 Å². The number of aldehydes is 1. The first-order valence-electron chi connectivity index (χ1n) is 12.6. The molecule has 2 aliphatic carbocycles. The third-order valence-corrected chi connectivity index (χ3v) is 7.37. The number of piperazine rings is 1. The van der Waals surface area contributed by atoms with E-state index in [9.17, 15) is 18.4 Å². The van der Waals surface area contributed by atoms with Crippen molar-refractivity contribution in [1.29, 1.82) is 0 Å². The van der Waals surface area contributed by atoms with Crippen LogP contribution >= 0.6 is 0 Å². The van der Waals surface area contributed by atoms with Crippen LogP contribution in [-0.2, 0) is 9.59 Å². The molecule has 6 nitrogen and oxygen atoms in total. The van der Waals surface area contributed by atoms with Crippen molar-refractivity contribution < 1.29 is 18.4 Å². The molecule has 1 unspecified atom stereocenters. The molecule has 0 aromatic rings. The first-order valence-corrected chi connectivity index (χ1v) is 12.6. The van der Waals surface area contributed by atoms with Gasteiger partial charge < -0.3 is 10.1 Å². The summed E-state index contributed by atoms with van der Waals surface area (Å²) < 4.78 is 26.8. The third kappa shape index (κ3) is 7.97. The summed E-state index contributed by atoms with van der Waals surface area (Å²) in [6.45, 7) is 6.58. The fraction of sp³-hybridized carbons (Fsp3) is 0.760. The van der Waals surface area contributed by atoms with Gasteiger partial charge in [-0.15, -0.1) is 0 Å². The van der Waals surface area contributed by atoms with Gasteiger partial charge in [0, 0.05) is 89.8 Å². The molecule has 4 aliphatic rings. The first-order chi connectivity index (χ1) is 16.0. The molecule has 4 rings (SSSR count). The van der Waals surface area contributed by atoms with Crippen LogP contribution in [0.15, 0.2) is 23.8 Å². The molecule has 33 heavy (non-hydrogen) atoms. The Morgan fingerprint density at radius 2 is 1.67 bits per heavy atom. The lowest BCUT2D eigenvalue weighted by Crippen LogP contribution is -2.65. The number of hydrogen-bond acceptors (Lipinski definition) is 5. The van der Waals surface area contributed by atoms with Crippen LogP contribution < -0.4 is 5.32 Å². The number of unbranched alkanes of at least 4 members (excludes halogenated alkanes) is 1. The van der Waals surface area contributed by atoms with Gasteiger partial charge in [-0.25, -0.2) is 8.78 Å². The quantitative estimate of drug-likeness (QED) is 0.461. The molecule has 1 amide bonds. The second-order valence-electron chi connectivity index (χ2n) is 9.62. The Morgan fingerprint density at radius 1 is 1.03 bits per heavy atom. The highest BCUT2D eigenvalue weighted by atomic mass is 19.1. The van der Waals surface area contributed by atoms with E-state index >= 15 is 0 Å². The molecule has 0 aromatic heterocycles. The molecule has 1 N–H and O–H groups in total. The summed E-state index contributed by atoms with van der Waals surface area (Å²) in [7, 11) is 1.59. The Balaban J connectivity index is 0.000000292. The van der Waals surface area contributed by atoms with Gasteiger partial charge in [-0.1, -0.05) is 19.3 Å². The van der Waals surface area contributed by atoms with Crippen molar-refractivity contribution in [1.82, 2.24) is 20.0 Å². The van der Waals surface area contributed by atoms with Gasteiger partial charge in [0.1, 0.15) is 17.9 Å². The maximum Gasteiger partial charge on any atom is 0.219 e. The molecular weight excluding hydrogens is 426 g/mol. The Hall–Kier alpha value is -1.64. The highest BCUT2D eigenvalue weighted by Gasteiger charge is 2.38. The number of carbonyl (C=O) groups excluding carboxylic acids is 2. The van der Waals surface area contributed by atoms with Gasteiger partial charge in [-0.05, 0) is 25.3 Å². The number of allylic oxidation sites excluding steroid dienone is 2. The standard InChI is InChI=1S/C19H29F2N3.C6H11NO2/c20-15-10-16(21)12-18(11-15)24-13-19(14-24)23-8-6-22(7-9-23)17-4-2-1-3-5-17;1-7-6(9)4-2-3-5-8/h10-11,17-19H,1-9,12-14H2;5H,2-4H2,1H3,(H,7,9). The zero-order valence-electron chi connectivity index (χ0n) is 20.0. The minimum atomic E-state index is -0.423. The molecule has 0 spiro atoms.